The number of hydrogen-bond donors (Lipinski definition) is 2. The van der Waals surface area contributed by atoms with Crippen LogP contribution >= 0.6 is 7.82 Å². The summed E-state index contributed by atoms with van der Waals surface area (Å²) in [6.45, 7) is 3.26. The molecular formula is C23H41NO7P+. The summed E-state index contributed by atoms with van der Waals surface area (Å²) in [7, 11) is 1.26. The first kappa shape index (κ1) is 28.6. The van der Waals surface area contributed by atoms with Gasteiger partial charge in [-0.15, -0.1) is 0 Å². The van der Waals surface area contributed by atoms with Gasteiger partial charge in [-0.05, 0) is 43.4 Å². The second-order valence-corrected chi connectivity index (χ2v) is 10.5. The van der Waals surface area contributed by atoms with E-state index in [4.69, 9.17) is 18.9 Å². The van der Waals surface area contributed by atoms with E-state index in [0.29, 0.717) is 10.9 Å². The zero-order valence-electron chi connectivity index (χ0n) is 20.0. The van der Waals surface area contributed by atoms with Crippen LogP contribution in [0.3, 0.4) is 0 Å². The minimum atomic E-state index is -4.31. The third-order valence-electron chi connectivity index (χ3n) is 4.72. The summed E-state index contributed by atoms with van der Waals surface area (Å²) in [6.07, 6.45) is 5.40. The quantitative estimate of drug-likeness (QED) is 0.181. The molecule has 0 radical (unpaired) electrons. The Morgan fingerprint density at radius 3 is 2.47 bits per heavy atom. The van der Waals surface area contributed by atoms with Crippen molar-refractivity contribution in [2.24, 2.45) is 0 Å². The Hall–Kier alpha value is -1.44. The SMILES string of the molecule is CCCCCOc1cccc(CCCCCOP(=O)(O)O[C@H](CC(=O)O)C[N+](C)(C)C)c1. The molecule has 2 N–H and O–H groups in total. The van der Waals surface area contributed by atoms with Gasteiger partial charge in [-0.25, -0.2) is 4.57 Å². The lowest BCUT2D eigenvalue weighted by Crippen LogP contribution is -2.42. The van der Waals surface area contributed by atoms with Gasteiger partial charge < -0.3 is 19.2 Å². The summed E-state index contributed by atoms with van der Waals surface area (Å²) in [4.78, 5) is 21.0. The highest BCUT2D eigenvalue weighted by Crippen LogP contribution is 2.45. The predicted octanol–water partition coefficient (Wildman–Crippen LogP) is 4.65. The number of carboxylic acid groups (broad SMARTS) is 1. The van der Waals surface area contributed by atoms with Crippen molar-refractivity contribution >= 4 is 13.8 Å². The van der Waals surface area contributed by atoms with Gasteiger partial charge in [0.15, 0.2) is 0 Å². The van der Waals surface area contributed by atoms with Crippen LogP contribution in [0.5, 0.6) is 5.75 Å². The number of aliphatic carboxylic acids is 1. The molecule has 0 saturated heterocycles. The number of ether oxygens (including phenoxy) is 1. The highest BCUT2D eigenvalue weighted by Gasteiger charge is 2.31. The summed E-state index contributed by atoms with van der Waals surface area (Å²) >= 11 is 0. The van der Waals surface area contributed by atoms with Crippen LogP contribution in [0.4, 0.5) is 0 Å². The van der Waals surface area contributed by atoms with E-state index in [1.54, 1.807) is 0 Å². The van der Waals surface area contributed by atoms with E-state index >= 15 is 0 Å². The number of rotatable bonds is 18. The molecule has 0 fully saturated rings. The summed E-state index contributed by atoms with van der Waals surface area (Å²) in [5.41, 5.74) is 1.20. The summed E-state index contributed by atoms with van der Waals surface area (Å²) in [5.74, 6) is -0.191. The van der Waals surface area contributed by atoms with Crippen molar-refractivity contribution in [3.8, 4) is 5.75 Å². The van der Waals surface area contributed by atoms with Crippen LogP contribution in [0.1, 0.15) is 57.4 Å². The largest absolute Gasteiger partial charge is 0.494 e. The highest BCUT2D eigenvalue weighted by atomic mass is 31.2. The zero-order chi connectivity index (χ0) is 24.0. The minimum Gasteiger partial charge on any atom is -0.494 e. The van der Waals surface area contributed by atoms with Gasteiger partial charge in [0, 0.05) is 0 Å². The van der Waals surface area contributed by atoms with Crippen molar-refractivity contribution in [2.45, 2.75) is 64.4 Å². The van der Waals surface area contributed by atoms with Gasteiger partial charge in [0.05, 0.1) is 40.8 Å². The number of likely N-dealkylation sites (N-methyl/N-ethyl adjacent to an activating group) is 1. The monoisotopic (exact) mass is 474 g/mol. The molecule has 0 spiro atoms. The van der Waals surface area contributed by atoms with Crippen molar-refractivity contribution in [1.82, 2.24) is 0 Å². The molecule has 184 valence electrons. The topological polar surface area (TPSA) is 102 Å². The minimum absolute atomic E-state index is 0.0819. The molecule has 8 nitrogen and oxygen atoms in total. The molecule has 0 heterocycles. The standard InChI is InChI=1S/C23H40NO7P/c1-5-6-9-15-29-21-14-11-13-20(17-21)12-8-7-10-16-30-32(27,28)31-22(18-23(25)26)19-24(2,3)4/h11,13-14,17,22H,5-10,12,15-16,18-19H2,1-4H3,(H-,25,26,27,28)/p+1/t22-/m1/s1. The maximum Gasteiger partial charge on any atom is 0.472 e. The van der Waals surface area contributed by atoms with E-state index in [-0.39, 0.29) is 19.6 Å². The zero-order valence-corrected chi connectivity index (χ0v) is 20.9. The molecule has 2 atom stereocenters. The molecule has 1 aromatic carbocycles. The maximum absolute atomic E-state index is 12.2. The second kappa shape index (κ2) is 14.7. The van der Waals surface area contributed by atoms with Crippen LogP contribution in [0.15, 0.2) is 24.3 Å². The highest BCUT2D eigenvalue weighted by molar-refractivity contribution is 7.47. The number of hydrogen-bond acceptors (Lipinski definition) is 5. The van der Waals surface area contributed by atoms with E-state index in [9.17, 15) is 14.3 Å². The van der Waals surface area contributed by atoms with E-state index in [1.807, 2.05) is 33.3 Å². The van der Waals surface area contributed by atoms with Gasteiger partial charge in [0.2, 0.25) is 0 Å². The van der Waals surface area contributed by atoms with E-state index in [1.165, 1.54) is 18.4 Å². The number of phosphoric acid groups is 1. The summed E-state index contributed by atoms with van der Waals surface area (Å²) in [6, 6.07) is 8.10. The van der Waals surface area contributed by atoms with Crippen LogP contribution in [0.25, 0.3) is 0 Å². The Bertz CT molecular complexity index is 721. The third kappa shape index (κ3) is 14.6. The molecule has 9 heteroatoms. The molecule has 1 rings (SSSR count). The lowest BCUT2D eigenvalue weighted by atomic mass is 10.1. The lowest BCUT2D eigenvalue weighted by Gasteiger charge is -2.29. The van der Waals surface area contributed by atoms with Crippen LogP contribution in [-0.4, -0.2) is 67.5 Å². The van der Waals surface area contributed by atoms with Crippen molar-refractivity contribution in [1.29, 1.82) is 0 Å². The van der Waals surface area contributed by atoms with E-state index < -0.39 is 19.9 Å². The molecule has 0 aliphatic heterocycles. The number of nitrogens with zero attached hydrogens (tertiary/aromatic N) is 1. The number of unbranched alkanes of at least 4 members (excludes halogenated alkanes) is 4. The third-order valence-corrected chi connectivity index (χ3v) is 5.79. The van der Waals surface area contributed by atoms with Gasteiger partial charge in [-0.1, -0.05) is 38.3 Å². The number of benzene rings is 1. The molecule has 0 saturated carbocycles. The fourth-order valence-corrected chi connectivity index (χ4v) is 4.22. The number of carbonyl (C=O) groups is 1. The van der Waals surface area contributed by atoms with Gasteiger partial charge in [0.1, 0.15) is 18.4 Å². The Morgan fingerprint density at radius 1 is 1.09 bits per heavy atom. The van der Waals surface area contributed by atoms with E-state index in [0.717, 1.165) is 38.0 Å². The van der Waals surface area contributed by atoms with Crippen molar-refractivity contribution in [3.63, 3.8) is 0 Å². The summed E-state index contributed by atoms with van der Waals surface area (Å²) < 4.78 is 28.6. The first-order chi connectivity index (χ1) is 15.0. The number of phosphoric ester groups is 1. The predicted molar refractivity (Wildman–Crippen MR) is 125 cm³/mol. The van der Waals surface area contributed by atoms with Crippen LogP contribution in [0, 0.1) is 0 Å². The van der Waals surface area contributed by atoms with Gasteiger partial charge in [0.25, 0.3) is 0 Å². The first-order valence-electron chi connectivity index (χ1n) is 11.4. The van der Waals surface area contributed by atoms with Crippen molar-refractivity contribution in [3.05, 3.63) is 29.8 Å². The average Bonchev–Trinajstić information content (AvgIpc) is 2.66. The molecule has 0 aromatic heterocycles. The number of aryl methyl sites for hydroxylation is 1. The second-order valence-electron chi connectivity index (χ2n) is 9.11. The maximum atomic E-state index is 12.2. The fourth-order valence-electron chi connectivity index (χ4n) is 3.28. The smallest absolute Gasteiger partial charge is 0.472 e. The molecule has 1 unspecified atom stereocenters. The fraction of sp³-hybridized carbons (Fsp3) is 0.696. The number of quaternary nitrogens is 1. The Kier molecular flexibility index (Phi) is 13.1. The number of carboxylic acids is 1. The van der Waals surface area contributed by atoms with Crippen LogP contribution in [-0.2, 0) is 24.8 Å². The average molecular weight is 475 g/mol. The molecule has 0 aliphatic carbocycles. The molecule has 1 aromatic rings. The molecular weight excluding hydrogens is 433 g/mol. The van der Waals surface area contributed by atoms with Crippen molar-refractivity contribution < 1.29 is 37.6 Å². The van der Waals surface area contributed by atoms with Gasteiger partial charge in [-0.3, -0.25) is 13.8 Å². The normalized spacial score (nSPS) is 14.7. The molecule has 32 heavy (non-hydrogen) atoms. The first-order valence-corrected chi connectivity index (χ1v) is 12.9. The Labute approximate surface area is 192 Å². The molecule has 0 aliphatic rings. The van der Waals surface area contributed by atoms with Crippen LogP contribution < -0.4 is 4.74 Å². The van der Waals surface area contributed by atoms with Gasteiger partial charge >= 0.3 is 13.8 Å². The Balaban J connectivity index is 2.32. The van der Waals surface area contributed by atoms with Crippen LogP contribution in [0.2, 0.25) is 0 Å². The summed E-state index contributed by atoms with van der Waals surface area (Å²) in [5, 5.41) is 9.02. The van der Waals surface area contributed by atoms with Gasteiger partial charge in [-0.2, -0.15) is 0 Å². The van der Waals surface area contributed by atoms with Crippen molar-refractivity contribution in [2.75, 3.05) is 40.9 Å². The lowest BCUT2D eigenvalue weighted by molar-refractivity contribution is -0.873. The molecule has 0 bridgehead atoms. The van der Waals surface area contributed by atoms with E-state index in [2.05, 4.69) is 19.1 Å². The Morgan fingerprint density at radius 2 is 1.81 bits per heavy atom. The molecule has 0 amide bonds.